The molecule has 0 fully saturated rings. The van der Waals surface area contributed by atoms with Crippen LogP contribution in [0.25, 0.3) is 0 Å². The zero-order valence-electron chi connectivity index (χ0n) is 13.3. The Bertz CT molecular complexity index is 524. The number of aliphatic hydroxyl groups is 1. The van der Waals surface area contributed by atoms with Crippen LogP contribution in [0.2, 0.25) is 0 Å². The first-order valence-corrected chi connectivity index (χ1v) is 7.28. The topological polar surface area (TPSA) is 222 Å². The second-order valence-electron chi connectivity index (χ2n) is 5.19. The van der Waals surface area contributed by atoms with Gasteiger partial charge in [0, 0.05) is 12.8 Å². The number of carbonyl (C=O) groups excluding carboxylic acids is 3. The zero-order valence-corrected chi connectivity index (χ0v) is 13.3. The van der Waals surface area contributed by atoms with Crippen molar-refractivity contribution >= 4 is 29.7 Å². The van der Waals surface area contributed by atoms with Crippen molar-refractivity contribution in [3.63, 3.8) is 0 Å². The molecule has 0 saturated carbocycles. The molecule has 0 aliphatic carbocycles. The predicted molar refractivity (Wildman–Crippen MR) is 81.9 cm³/mol. The maximum Gasteiger partial charge on any atom is 0.326 e. The van der Waals surface area contributed by atoms with Gasteiger partial charge in [0.25, 0.3) is 0 Å². The van der Waals surface area contributed by atoms with Crippen molar-refractivity contribution < 1.29 is 39.3 Å². The summed E-state index contributed by atoms with van der Waals surface area (Å²) in [5, 5.41) is 30.8. The minimum atomic E-state index is -1.50. The van der Waals surface area contributed by atoms with Gasteiger partial charge in [-0.3, -0.25) is 19.2 Å². The number of rotatable bonds is 12. The summed E-state index contributed by atoms with van der Waals surface area (Å²) in [6.07, 6.45) is -1.09. The summed E-state index contributed by atoms with van der Waals surface area (Å²) < 4.78 is 0. The number of nitrogens with two attached hydrogens (primary N) is 2. The van der Waals surface area contributed by atoms with Crippen molar-refractivity contribution in [2.45, 2.75) is 43.8 Å². The Morgan fingerprint density at radius 1 is 0.880 bits per heavy atom. The lowest BCUT2D eigenvalue weighted by Gasteiger charge is -2.21. The minimum Gasteiger partial charge on any atom is -0.481 e. The van der Waals surface area contributed by atoms with E-state index in [9.17, 15) is 29.1 Å². The average molecular weight is 362 g/mol. The molecule has 12 nitrogen and oxygen atoms in total. The number of carboxylic acid groups (broad SMARTS) is 2. The fraction of sp³-hybridized carbons (Fsp3) is 0.615. The lowest BCUT2D eigenvalue weighted by atomic mass is 10.1. The molecule has 0 rings (SSSR count). The first-order valence-electron chi connectivity index (χ1n) is 7.28. The lowest BCUT2D eigenvalue weighted by molar-refractivity contribution is -0.143. The van der Waals surface area contributed by atoms with E-state index in [-0.39, 0.29) is 19.3 Å². The van der Waals surface area contributed by atoms with Crippen molar-refractivity contribution in [2.24, 2.45) is 11.5 Å². The van der Waals surface area contributed by atoms with E-state index in [2.05, 4.69) is 5.32 Å². The van der Waals surface area contributed by atoms with E-state index in [1.54, 1.807) is 0 Å². The highest BCUT2D eigenvalue weighted by Gasteiger charge is 2.27. The summed E-state index contributed by atoms with van der Waals surface area (Å²) in [7, 11) is 0. The first-order chi connectivity index (χ1) is 11.6. The molecular formula is C13H22N4O8. The second kappa shape index (κ2) is 10.9. The molecule has 25 heavy (non-hydrogen) atoms. The molecule has 0 radical (unpaired) electrons. The van der Waals surface area contributed by atoms with Gasteiger partial charge in [-0.2, -0.15) is 0 Å². The highest BCUT2D eigenvalue weighted by atomic mass is 16.4. The average Bonchev–Trinajstić information content (AvgIpc) is 2.52. The van der Waals surface area contributed by atoms with Crippen molar-refractivity contribution in [3.05, 3.63) is 0 Å². The molecule has 0 aromatic rings. The first kappa shape index (κ1) is 22.3. The number of aliphatic carboxylic acids is 2. The number of carbonyl (C=O) groups is 5. The van der Waals surface area contributed by atoms with Gasteiger partial charge in [-0.1, -0.05) is 0 Å². The van der Waals surface area contributed by atoms with E-state index >= 15 is 0 Å². The van der Waals surface area contributed by atoms with E-state index in [4.69, 9.17) is 21.7 Å². The molecule has 3 atom stereocenters. The summed E-state index contributed by atoms with van der Waals surface area (Å²) in [6.45, 7) is -0.842. The molecule has 3 amide bonds. The Kier molecular flexibility index (Phi) is 9.74. The molecule has 0 heterocycles. The van der Waals surface area contributed by atoms with E-state index in [1.807, 2.05) is 5.32 Å². The van der Waals surface area contributed by atoms with Gasteiger partial charge in [0.2, 0.25) is 17.7 Å². The normalized spacial score (nSPS) is 14.0. The number of aliphatic hydroxyl groups excluding tert-OH is 1. The van der Waals surface area contributed by atoms with E-state index < -0.39 is 60.8 Å². The number of hydrogen-bond acceptors (Lipinski definition) is 7. The maximum atomic E-state index is 11.9. The third-order valence-electron chi connectivity index (χ3n) is 3.12. The van der Waals surface area contributed by atoms with Crippen LogP contribution in [0.1, 0.15) is 25.7 Å². The Labute approximate surface area is 142 Å². The van der Waals surface area contributed by atoms with Crippen LogP contribution in [0, 0.1) is 0 Å². The van der Waals surface area contributed by atoms with Crippen LogP contribution in [0.15, 0.2) is 0 Å². The number of primary amides is 1. The van der Waals surface area contributed by atoms with Crippen LogP contribution in [-0.2, 0) is 24.0 Å². The molecule has 0 spiro atoms. The van der Waals surface area contributed by atoms with Gasteiger partial charge < -0.3 is 37.4 Å². The number of amides is 3. The fourth-order valence-electron chi connectivity index (χ4n) is 1.70. The Balaban J connectivity index is 4.71. The molecule has 12 heteroatoms. The summed E-state index contributed by atoms with van der Waals surface area (Å²) in [5.41, 5.74) is 10.4. The Hall–Kier alpha value is -2.73. The largest absolute Gasteiger partial charge is 0.481 e. The van der Waals surface area contributed by atoms with Gasteiger partial charge in [0.1, 0.15) is 12.1 Å². The molecule has 0 aromatic carbocycles. The number of carboxylic acids is 2. The molecule has 142 valence electrons. The standard InChI is InChI=1S/C13H22N4O8/c14-6(1-3-9(15)19)11(22)17-8(5-18)12(23)16-7(13(24)25)2-4-10(20)21/h6-8,18H,1-5,14H2,(H2,15,19)(H,16,23)(H,17,22)(H,20,21)(H,24,25)/t6-,7-,8-/m0/s1. The van der Waals surface area contributed by atoms with Crippen LogP contribution in [0.3, 0.4) is 0 Å². The quantitative estimate of drug-likeness (QED) is 0.182. The fourth-order valence-corrected chi connectivity index (χ4v) is 1.70. The number of nitrogens with one attached hydrogen (secondary N) is 2. The van der Waals surface area contributed by atoms with Crippen molar-refractivity contribution in [2.75, 3.05) is 6.61 Å². The number of hydrogen-bond donors (Lipinski definition) is 7. The summed E-state index contributed by atoms with van der Waals surface area (Å²) in [5.74, 6) is -5.23. The third-order valence-corrected chi connectivity index (χ3v) is 3.12. The van der Waals surface area contributed by atoms with Gasteiger partial charge in [0.05, 0.1) is 12.6 Å². The molecule has 0 aliphatic rings. The monoisotopic (exact) mass is 362 g/mol. The van der Waals surface area contributed by atoms with Crippen LogP contribution < -0.4 is 22.1 Å². The maximum absolute atomic E-state index is 11.9. The minimum absolute atomic E-state index is 0.0721. The predicted octanol–water partition coefficient (Wildman–Crippen LogP) is -3.51. The SMILES string of the molecule is NC(=O)CC[C@H](N)C(=O)N[C@@H](CO)C(=O)N[C@@H](CCC(=O)O)C(=O)O. The second-order valence-corrected chi connectivity index (χ2v) is 5.19. The highest BCUT2D eigenvalue weighted by molar-refractivity contribution is 5.92. The van der Waals surface area contributed by atoms with Gasteiger partial charge >= 0.3 is 11.9 Å². The molecule has 0 unspecified atom stereocenters. The molecule has 0 aromatic heterocycles. The van der Waals surface area contributed by atoms with Crippen LogP contribution >= 0.6 is 0 Å². The zero-order chi connectivity index (χ0) is 19.6. The van der Waals surface area contributed by atoms with Gasteiger partial charge in [0.15, 0.2) is 0 Å². The van der Waals surface area contributed by atoms with E-state index in [0.29, 0.717) is 0 Å². The van der Waals surface area contributed by atoms with E-state index in [1.165, 1.54) is 0 Å². The molecule has 9 N–H and O–H groups in total. The van der Waals surface area contributed by atoms with Crippen LogP contribution in [0.5, 0.6) is 0 Å². The van der Waals surface area contributed by atoms with Gasteiger partial charge in [-0.05, 0) is 12.8 Å². The van der Waals surface area contributed by atoms with Crippen LogP contribution in [0.4, 0.5) is 0 Å². The van der Waals surface area contributed by atoms with Crippen molar-refractivity contribution in [3.8, 4) is 0 Å². The Morgan fingerprint density at radius 2 is 1.44 bits per heavy atom. The van der Waals surface area contributed by atoms with E-state index in [0.717, 1.165) is 0 Å². The lowest BCUT2D eigenvalue weighted by Crippen LogP contribution is -2.55. The van der Waals surface area contributed by atoms with Crippen molar-refractivity contribution in [1.82, 2.24) is 10.6 Å². The Morgan fingerprint density at radius 3 is 1.88 bits per heavy atom. The van der Waals surface area contributed by atoms with Gasteiger partial charge in [-0.25, -0.2) is 4.79 Å². The molecule has 0 bridgehead atoms. The third kappa shape index (κ3) is 9.22. The van der Waals surface area contributed by atoms with Crippen LogP contribution in [-0.4, -0.2) is 69.7 Å². The highest BCUT2D eigenvalue weighted by Crippen LogP contribution is 2.00. The summed E-state index contributed by atoms with van der Waals surface area (Å²) >= 11 is 0. The van der Waals surface area contributed by atoms with Crippen molar-refractivity contribution in [1.29, 1.82) is 0 Å². The smallest absolute Gasteiger partial charge is 0.326 e. The summed E-state index contributed by atoms with van der Waals surface area (Å²) in [4.78, 5) is 55.9. The molecule has 0 aliphatic heterocycles. The summed E-state index contributed by atoms with van der Waals surface area (Å²) in [6, 6.07) is -4.14. The molecular weight excluding hydrogens is 340 g/mol. The molecule has 0 saturated heterocycles. The van der Waals surface area contributed by atoms with Gasteiger partial charge in [-0.15, -0.1) is 0 Å².